The van der Waals surface area contributed by atoms with Crippen molar-refractivity contribution in [2.24, 2.45) is 0 Å². The second-order valence-electron chi connectivity index (χ2n) is 9.28. The van der Waals surface area contributed by atoms with Crippen molar-refractivity contribution in [2.45, 2.75) is 57.3 Å². The van der Waals surface area contributed by atoms with Gasteiger partial charge in [-0.25, -0.2) is 4.68 Å². The molecule has 2 fully saturated rings. The van der Waals surface area contributed by atoms with Crippen LogP contribution in [0.15, 0.2) is 60.9 Å². The Kier molecular flexibility index (Phi) is 7.14. The standard InChI is InChI=1S/C26H32N6O2/c33-26(30-14-6-1-2-7-15-30)25-16-23(32-20-27-28-29-32)18-31(25)17-21-10-12-24(13-11-21)34-19-22-8-4-3-5-9-22/h3-5,8-13,20,23,25H,1-2,6-7,14-19H2/t23-,25-/m0/s1. The normalized spacial score (nSPS) is 21.4. The van der Waals surface area contributed by atoms with E-state index in [2.05, 4.69) is 49.6 Å². The molecule has 0 spiro atoms. The van der Waals surface area contributed by atoms with Crippen LogP contribution in [0.3, 0.4) is 0 Å². The second-order valence-corrected chi connectivity index (χ2v) is 9.28. The highest BCUT2D eigenvalue weighted by Crippen LogP contribution is 2.30. The molecule has 3 heterocycles. The van der Waals surface area contributed by atoms with Crippen molar-refractivity contribution in [1.29, 1.82) is 0 Å². The highest BCUT2D eigenvalue weighted by molar-refractivity contribution is 5.82. The van der Waals surface area contributed by atoms with Gasteiger partial charge in [-0.15, -0.1) is 5.10 Å². The molecule has 2 saturated heterocycles. The number of rotatable bonds is 7. The van der Waals surface area contributed by atoms with Crippen molar-refractivity contribution >= 4 is 5.91 Å². The van der Waals surface area contributed by atoms with E-state index >= 15 is 0 Å². The Morgan fingerprint density at radius 3 is 2.41 bits per heavy atom. The lowest BCUT2D eigenvalue weighted by Gasteiger charge is -2.29. The summed E-state index contributed by atoms with van der Waals surface area (Å²) >= 11 is 0. The number of hydrogen-bond donors (Lipinski definition) is 0. The van der Waals surface area contributed by atoms with E-state index in [-0.39, 0.29) is 18.0 Å². The van der Waals surface area contributed by atoms with Gasteiger partial charge in [0.05, 0.1) is 12.1 Å². The van der Waals surface area contributed by atoms with Gasteiger partial charge >= 0.3 is 0 Å². The number of nitrogens with zero attached hydrogens (tertiary/aromatic N) is 6. The molecule has 1 amide bonds. The third kappa shape index (κ3) is 5.44. The lowest BCUT2D eigenvalue weighted by Crippen LogP contribution is -2.45. The predicted molar refractivity (Wildman–Crippen MR) is 128 cm³/mol. The van der Waals surface area contributed by atoms with Gasteiger partial charge in [-0.2, -0.15) is 0 Å². The van der Waals surface area contributed by atoms with E-state index in [0.717, 1.165) is 55.8 Å². The van der Waals surface area contributed by atoms with Crippen molar-refractivity contribution in [2.75, 3.05) is 19.6 Å². The number of hydrogen-bond acceptors (Lipinski definition) is 6. The highest BCUT2D eigenvalue weighted by Gasteiger charge is 2.40. The number of likely N-dealkylation sites (tertiary alicyclic amines) is 2. The molecule has 1 aromatic heterocycles. The van der Waals surface area contributed by atoms with E-state index in [9.17, 15) is 4.79 Å². The van der Waals surface area contributed by atoms with Crippen molar-refractivity contribution in [1.82, 2.24) is 30.0 Å². The van der Waals surface area contributed by atoms with E-state index in [0.29, 0.717) is 13.2 Å². The minimum Gasteiger partial charge on any atom is -0.489 e. The second kappa shape index (κ2) is 10.8. The SMILES string of the molecule is O=C([C@@H]1C[C@H](n2cnnn2)CN1Cc1ccc(OCc2ccccc2)cc1)N1CCCCCC1. The summed E-state index contributed by atoms with van der Waals surface area (Å²) in [6.07, 6.45) is 7.01. The van der Waals surface area contributed by atoms with Crippen LogP contribution in [0.4, 0.5) is 0 Å². The molecular weight excluding hydrogens is 428 g/mol. The van der Waals surface area contributed by atoms with Gasteiger partial charge in [-0.1, -0.05) is 55.3 Å². The zero-order valence-corrected chi connectivity index (χ0v) is 19.5. The molecule has 34 heavy (non-hydrogen) atoms. The lowest BCUT2D eigenvalue weighted by atomic mass is 10.1. The molecule has 2 aliphatic rings. The largest absolute Gasteiger partial charge is 0.489 e. The number of carbonyl (C=O) groups is 1. The molecule has 178 valence electrons. The predicted octanol–water partition coefficient (Wildman–Crippen LogP) is 3.47. The van der Waals surface area contributed by atoms with Crippen LogP contribution in [0, 0.1) is 0 Å². The quantitative estimate of drug-likeness (QED) is 0.537. The Labute approximate surface area is 200 Å². The first-order valence-corrected chi connectivity index (χ1v) is 12.3. The summed E-state index contributed by atoms with van der Waals surface area (Å²) in [4.78, 5) is 17.9. The molecule has 0 radical (unpaired) electrons. The molecular formula is C26H32N6O2. The van der Waals surface area contributed by atoms with Gasteiger partial charge < -0.3 is 9.64 Å². The van der Waals surface area contributed by atoms with Gasteiger partial charge in [-0.05, 0) is 52.9 Å². The van der Waals surface area contributed by atoms with E-state index < -0.39 is 0 Å². The van der Waals surface area contributed by atoms with Gasteiger partial charge in [0.15, 0.2) is 0 Å². The average Bonchev–Trinajstić information content (AvgIpc) is 3.47. The summed E-state index contributed by atoms with van der Waals surface area (Å²) in [7, 11) is 0. The Bertz CT molecular complexity index is 1030. The van der Waals surface area contributed by atoms with Crippen molar-refractivity contribution in [3.63, 3.8) is 0 Å². The Balaban J connectivity index is 1.26. The molecule has 2 aromatic carbocycles. The fraction of sp³-hybridized carbons (Fsp3) is 0.462. The summed E-state index contributed by atoms with van der Waals surface area (Å²) in [6, 6.07) is 18.3. The monoisotopic (exact) mass is 460 g/mol. The summed E-state index contributed by atoms with van der Waals surface area (Å²) in [6.45, 7) is 3.74. The van der Waals surface area contributed by atoms with Crippen molar-refractivity contribution in [3.05, 3.63) is 72.1 Å². The lowest BCUT2D eigenvalue weighted by molar-refractivity contribution is -0.136. The van der Waals surface area contributed by atoms with E-state index in [1.165, 1.54) is 12.8 Å². The Hall–Kier alpha value is -3.26. The third-order valence-electron chi connectivity index (χ3n) is 6.88. The number of ether oxygens (including phenoxy) is 1. The Morgan fingerprint density at radius 1 is 0.941 bits per heavy atom. The fourth-order valence-corrected chi connectivity index (χ4v) is 5.01. The maximum atomic E-state index is 13.5. The van der Waals surface area contributed by atoms with Crippen LogP contribution in [0.5, 0.6) is 5.75 Å². The van der Waals surface area contributed by atoms with Crippen LogP contribution in [0.1, 0.15) is 49.3 Å². The minimum atomic E-state index is -0.152. The molecule has 0 N–H and O–H groups in total. The van der Waals surface area contributed by atoms with Crippen LogP contribution in [0.25, 0.3) is 0 Å². The van der Waals surface area contributed by atoms with Crippen molar-refractivity contribution < 1.29 is 9.53 Å². The number of benzene rings is 2. The zero-order valence-electron chi connectivity index (χ0n) is 19.5. The minimum absolute atomic E-state index is 0.101. The summed E-state index contributed by atoms with van der Waals surface area (Å²) in [5.41, 5.74) is 2.31. The van der Waals surface area contributed by atoms with Crippen LogP contribution >= 0.6 is 0 Å². The highest BCUT2D eigenvalue weighted by atomic mass is 16.5. The summed E-state index contributed by atoms with van der Waals surface area (Å²) < 4.78 is 7.73. The Morgan fingerprint density at radius 2 is 1.71 bits per heavy atom. The molecule has 2 atom stereocenters. The first-order valence-electron chi connectivity index (χ1n) is 12.3. The summed E-state index contributed by atoms with van der Waals surface area (Å²) in [5, 5.41) is 11.7. The first-order chi connectivity index (χ1) is 16.8. The fourth-order valence-electron chi connectivity index (χ4n) is 5.01. The average molecular weight is 461 g/mol. The molecule has 0 bridgehead atoms. The maximum Gasteiger partial charge on any atom is 0.240 e. The molecule has 2 aliphatic heterocycles. The van der Waals surface area contributed by atoms with Gasteiger partial charge in [0.25, 0.3) is 0 Å². The first kappa shape index (κ1) is 22.5. The number of amides is 1. The number of aromatic nitrogens is 4. The number of tetrazole rings is 1. The van der Waals surface area contributed by atoms with Crippen LogP contribution in [0.2, 0.25) is 0 Å². The van der Waals surface area contributed by atoms with Crippen LogP contribution < -0.4 is 4.74 Å². The van der Waals surface area contributed by atoms with Crippen molar-refractivity contribution in [3.8, 4) is 5.75 Å². The van der Waals surface area contributed by atoms with Crippen LogP contribution in [-0.4, -0.2) is 61.6 Å². The third-order valence-corrected chi connectivity index (χ3v) is 6.88. The van der Waals surface area contributed by atoms with Crippen LogP contribution in [-0.2, 0) is 17.9 Å². The van der Waals surface area contributed by atoms with Gasteiger partial charge in [0.1, 0.15) is 18.7 Å². The van der Waals surface area contributed by atoms with E-state index in [1.807, 2.05) is 30.3 Å². The molecule has 0 unspecified atom stereocenters. The molecule has 8 nitrogen and oxygen atoms in total. The topological polar surface area (TPSA) is 76.4 Å². The molecule has 3 aromatic rings. The van der Waals surface area contributed by atoms with E-state index in [1.54, 1.807) is 11.0 Å². The molecule has 8 heteroatoms. The molecule has 0 aliphatic carbocycles. The molecule has 5 rings (SSSR count). The zero-order chi connectivity index (χ0) is 23.2. The molecule has 0 saturated carbocycles. The van der Waals surface area contributed by atoms with E-state index in [4.69, 9.17) is 4.74 Å². The summed E-state index contributed by atoms with van der Waals surface area (Å²) in [5.74, 6) is 1.10. The van der Waals surface area contributed by atoms with Gasteiger partial charge in [-0.3, -0.25) is 9.69 Å². The number of carbonyl (C=O) groups excluding carboxylic acids is 1. The smallest absolute Gasteiger partial charge is 0.240 e. The van der Waals surface area contributed by atoms with Gasteiger partial charge in [0.2, 0.25) is 5.91 Å². The van der Waals surface area contributed by atoms with Gasteiger partial charge in [0, 0.05) is 26.2 Å². The maximum absolute atomic E-state index is 13.5.